The molecule has 2 aromatic heterocycles. The highest BCUT2D eigenvalue weighted by Gasteiger charge is 2.27. The van der Waals surface area contributed by atoms with Gasteiger partial charge in [-0.25, -0.2) is 4.98 Å². The Morgan fingerprint density at radius 1 is 1.09 bits per heavy atom. The van der Waals surface area contributed by atoms with E-state index in [2.05, 4.69) is 38.8 Å². The second-order valence-corrected chi connectivity index (χ2v) is 9.37. The molecule has 7 nitrogen and oxygen atoms in total. The second-order valence-electron chi connectivity index (χ2n) is 8.21. The zero-order valence-corrected chi connectivity index (χ0v) is 20.7. The fourth-order valence-electron chi connectivity index (χ4n) is 4.39. The van der Waals surface area contributed by atoms with Gasteiger partial charge < -0.3 is 15.4 Å². The number of fused-ring (bicyclic) bond motifs is 1. The molecule has 3 heterocycles. The van der Waals surface area contributed by atoms with E-state index in [1.807, 2.05) is 59.5 Å². The smallest absolute Gasteiger partial charge is 0.245 e. The quantitative estimate of drug-likeness (QED) is 0.258. The van der Waals surface area contributed by atoms with Gasteiger partial charge in [0.15, 0.2) is 0 Å². The number of amides is 1. The van der Waals surface area contributed by atoms with Crippen LogP contribution in [0.3, 0.4) is 0 Å². The number of hydrogen-bond acceptors (Lipinski definition) is 5. The SMILES string of the molecule is C=CC(=O)N1CCC(n2nc(-c3ccc(Oc4ccccc4)cc3)c3c(N)ncc(I)c32)CC1. The fraction of sp³-hybridized carbons (Fsp3) is 0.192. The Morgan fingerprint density at radius 3 is 2.44 bits per heavy atom. The number of piperidine rings is 1. The van der Waals surface area contributed by atoms with Crippen LogP contribution in [0.5, 0.6) is 11.5 Å². The summed E-state index contributed by atoms with van der Waals surface area (Å²) in [5.74, 6) is 1.97. The predicted octanol–water partition coefficient (Wildman–Crippen LogP) is 5.43. The van der Waals surface area contributed by atoms with Crippen molar-refractivity contribution in [1.82, 2.24) is 19.7 Å². The molecule has 0 radical (unpaired) electrons. The van der Waals surface area contributed by atoms with Gasteiger partial charge in [0.05, 0.1) is 20.5 Å². The van der Waals surface area contributed by atoms with Crippen LogP contribution in [0, 0.1) is 3.57 Å². The molecule has 0 spiro atoms. The number of nitrogens with two attached hydrogens (primary N) is 1. The van der Waals surface area contributed by atoms with Crippen molar-refractivity contribution in [2.45, 2.75) is 18.9 Å². The van der Waals surface area contributed by atoms with Crippen LogP contribution in [-0.4, -0.2) is 38.7 Å². The number of aromatic nitrogens is 3. The number of carbonyl (C=O) groups excluding carboxylic acids is 1. The molecule has 0 aliphatic carbocycles. The molecule has 2 aromatic carbocycles. The van der Waals surface area contributed by atoms with Crippen molar-refractivity contribution in [3.63, 3.8) is 0 Å². The molecule has 1 aliphatic rings. The lowest BCUT2D eigenvalue weighted by molar-refractivity contribution is -0.127. The lowest BCUT2D eigenvalue weighted by Crippen LogP contribution is -2.38. The minimum atomic E-state index is -0.0229. The Morgan fingerprint density at radius 2 is 1.76 bits per heavy atom. The minimum absolute atomic E-state index is 0.0229. The Balaban J connectivity index is 1.49. The molecule has 2 N–H and O–H groups in total. The highest BCUT2D eigenvalue weighted by molar-refractivity contribution is 14.1. The normalized spacial score (nSPS) is 14.3. The van der Waals surface area contributed by atoms with Crippen molar-refractivity contribution >= 4 is 45.2 Å². The van der Waals surface area contributed by atoms with E-state index >= 15 is 0 Å². The van der Waals surface area contributed by atoms with Crippen molar-refractivity contribution in [3.05, 3.63) is 77.0 Å². The fourth-order valence-corrected chi connectivity index (χ4v) is 5.05. The molecule has 0 unspecified atom stereocenters. The monoisotopic (exact) mass is 565 g/mol. The number of likely N-dealkylation sites (tertiary alicyclic amines) is 1. The molecule has 0 saturated carbocycles. The van der Waals surface area contributed by atoms with Crippen LogP contribution in [0.25, 0.3) is 22.2 Å². The van der Waals surface area contributed by atoms with Gasteiger partial charge in [-0.3, -0.25) is 9.48 Å². The van der Waals surface area contributed by atoms with E-state index in [1.165, 1.54) is 6.08 Å². The van der Waals surface area contributed by atoms with Gasteiger partial charge in [0.1, 0.15) is 23.0 Å². The molecular formula is C26H24IN5O2. The summed E-state index contributed by atoms with van der Waals surface area (Å²) in [5, 5.41) is 5.89. The maximum Gasteiger partial charge on any atom is 0.245 e. The number of para-hydroxylation sites is 1. The average Bonchev–Trinajstić information content (AvgIpc) is 3.29. The lowest BCUT2D eigenvalue weighted by atomic mass is 10.0. The third-order valence-corrected chi connectivity index (χ3v) is 6.90. The summed E-state index contributed by atoms with van der Waals surface area (Å²) in [6.07, 6.45) is 4.80. The summed E-state index contributed by atoms with van der Waals surface area (Å²) >= 11 is 2.29. The van der Waals surface area contributed by atoms with Crippen molar-refractivity contribution < 1.29 is 9.53 Å². The van der Waals surface area contributed by atoms with Gasteiger partial charge in [0.25, 0.3) is 0 Å². The standard InChI is InChI=1S/C26H24IN5O2/c1-2-22(33)31-14-12-18(13-15-31)32-25-21(27)16-29-26(28)23(25)24(30-32)17-8-10-20(11-9-17)34-19-6-4-3-5-7-19/h2-11,16,18H,1,12-15H2,(H2,28,29). The lowest BCUT2D eigenvalue weighted by Gasteiger charge is -2.31. The molecule has 1 aliphatic heterocycles. The van der Waals surface area contributed by atoms with Crippen LogP contribution < -0.4 is 10.5 Å². The maximum atomic E-state index is 12.0. The topological polar surface area (TPSA) is 86.3 Å². The van der Waals surface area contributed by atoms with Crippen LogP contribution in [-0.2, 0) is 4.79 Å². The van der Waals surface area contributed by atoms with Crippen LogP contribution in [0.4, 0.5) is 5.82 Å². The Labute approximate surface area is 211 Å². The minimum Gasteiger partial charge on any atom is -0.457 e. The zero-order valence-electron chi connectivity index (χ0n) is 18.5. The molecular weight excluding hydrogens is 541 g/mol. The molecule has 1 saturated heterocycles. The first-order valence-electron chi connectivity index (χ1n) is 11.1. The number of nitrogen functional groups attached to an aromatic ring is 1. The van der Waals surface area contributed by atoms with Crippen molar-refractivity contribution in [2.75, 3.05) is 18.8 Å². The predicted molar refractivity (Wildman–Crippen MR) is 142 cm³/mol. The summed E-state index contributed by atoms with van der Waals surface area (Å²) in [4.78, 5) is 18.2. The van der Waals surface area contributed by atoms with Gasteiger partial charge in [-0.05, 0) is 77.9 Å². The van der Waals surface area contributed by atoms with Crippen LogP contribution in [0.15, 0.2) is 73.4 Å². The van der Waals surface area contributed by atoms with Crippen molar-refractivity contribution in [3.8, 4) is 22.8 Å². The first-order valence-corrected chi connectivity index (χ1v) is 12.2. The van der Waals surface area contributed by atoms with Crippen molar-refractivity contribution in [1.29, 1.82) is 0 Å². The van der Waals surface area contributed by atoms with E-state index in [0.29, 0.717) is 18.9 Å². The number of benzene rings is 2. The van der Waals surface area contributed by atoms with Gasteiger partial charge in [-0.15, -0.1) is 0 Å². The summed E-state index contributed by atoms with van der Waals surface area (Å²) in [6.45, 7) is 4.95. The molecule has 8 heteroatoms. The molecule has 5 rings (SSSR count). The van der Waals surface area contributed by atoms with Gasteiger partial charge in [0, 0.05) is 24.8 Å². The Kier molecular flexibility index (Phi) is 6.23. The van der Waals surface area contributed by atoms with E-state index in [-0.39, 0.29) is 11.9 Å². The number of pyridine rings is 1. The summed E-state index contributed by atoms with van der Waals surface area (Å²) < 4.78 is 9.01. The summed E-state index contributed by atoms with van der Waals surface area (Å²) in [5.41, 5.74) is 9.09. The second kappa shape index (κ2) is 9.46. The van der Waals surface area contributed by atoms with E-state index in [9.17, 15) is 4.79 Å². The zero-order chi connectivity index (χ0) is 23.7. The van der Waals surface area contributed by atoms with Crippen molar-refractivity contribution in [2.24, 2.45) is 0 Å². The van der Waals surface area contributed by atoms with Gasteiger partial charge >= 0.3 is 0 Å². The molecule has 1 amide bonds. The average molecular weight is 565 g/mol. The first kappa shape index (κ1) is 22.4. The van der Waals surface area contributed by atoms with Crippen LogP contribution in [0.2, 0.25) is 0 Å². The van der Waals surface area contributed by atoms with Crippen LogP contribution in [0.1, 0.15) is 18.9 Å². The number of anilines is 1. The third kappa shape index (κ3) is 4.25. The van der Waals surface area contributed by atoms with E-state index in [1.54, 1.807) is 6.20 Å². The number of hydrogen-bond donors (Lipinski definition) is 1. The molecule has 172 valence electrons. The molecule has 0 bridgehead atoms. The molecule has 0 atom stereocenters. The third-order valence-electron chi connectivity index (χ3n) is 6.11. The first-order chi connectivity index (χ1) is 16.5. The Bertz CT molecular complexity index is 1340. The van der Waals surface area contributed by atoms with E-state index in [0.717, 1.165) is 50.1 Å². The number of ether oxygens (including phenoxy) is 1. The van der Waals surface area contributed by atoms with Gasteiger partial charge in [-0.2, -0.15) is 5.10 Å². The highest BCUT2D eigenvalue weighted by Crippen LogP contribution is 2.38. The number of rotatable bonds is 5. The number of carbonyl (C=O) groups is 1. The van der Waals surface area contributed by atoms with Crippen LogP contribution >= 0.6 is 22.6 Å². The number of nitrogens with zero attached hydrogens (tertiary/aromatic N) is 4. The maximum absolute atomic E-state index is 12.0. The summed E-state index contributed by atoms with van der Waals surface area (Å²) in [7, 11) is 0. The van der Waals surface area contributed by atoms with Gasteiger partial charge in [-0.1, -0.05) is 24.8 Å². The van der Waals surface area contributed by atoms with E-state index < -0.39 is 0 Å². The molecule has 4 aromatic rings. The molecule has 34 heavy (non-hydrogen) atoms. The largest absolute Gasteiger partial charge is 0.457 e. The highest BCUT2D eigenvalue weighted by atomic mass is 127. The van der Waals surface area contributed by atoms with Gasteiger partial charge in [0.2, 0.25) is 5.91 Å². The summed E-state index contributed by atoms with van der Waals surface area (Å²) in [6, 6.07) is 17.7. The number of halogens is 1. The Hall–Kier alpha value is -3.40. The molecule has 1 fully saturated rings. The van der Waals surface area contributed by atoms with E-state index in [4.69, 9.17) is 15.6 Å².